The Balaban J connectivity index is 1.97. The van der Waals surface area contributed by atoms with E-state index < -0.39 is 0 Å². The molecule has 2 rings (SSSR count). The quantitative estimate of drug-likeness (QED) is 0.819. The van der Waals surface area contributed by atoms with Crippen molar-refractivity contribution in [2.45, 2.75) is 6.92 Å². The second-order valence-corrected chi connectivity index (χ2v) is 5.77. The van der Waals surface area contributed by atoms with Gasteiger partial charge in [-0.15, -0.1) is 0 Å². The summed E-state index contributed by atoms with van der Waals surface area (Å²) in [7, 11) is 0. The summed E-state index contributed by atoms with van der Waals surface area (Å²) < 4.78 is 0. The fourth-order valence-corrected chi connectivity index (χ4v) is 2.35. The van der Waals surface area contributed by atoms with Gasteiger partial charge in [-0.05, 0) is 48.9 Å². The third-order valence-corrected chi connectivity index (χ3v) is 3.63. The second-order valence-electron chi connectivity index (χ2n) is 4.49. The van der Waals surface area contributed by atoms with Crippen LogP contribution in [-0.2, 0) is 4.79 Å². The number of benzene rings is 2. The van der Waals surface area contributed by atoms with Gasteiger partial charge in [-0.1, -0.05) is 34.8 Å². The Hall–Kier alpha value is -1.42. The fraction of sp³-hybridized carbons (Fsp3) is 0.133. The van der Waals surface area contributed by atoms with Crippen LogP contribution in [0.4, 0.5) is 11.4 Å². The van der Waals surface area contributed by atoms with E-state index >= 15 is 0 Å². The molecule has 2 N–H and O–H groups in total. The van der Waals surface area contributed by atoms with E-state index in [1.165, 1.54) is 0 Å². The van der Waals surface area contributed by atoms with Gasteiger partial charge in [0.25, 0.3) is 0 Å². The SMILES string of the molecule is Cc1cc(Cl)ccc1NCC(=O)Nc1cc(Cl)ccc1Cl. The Kier molecular flexibility index (Phi) is 5.34. The van der Waals surface area contributed by atoms with Gasteiger partial charge in [0.1, 0.15) is 0 Å². The van der Waals surface area contributed by atoms with Crippen LogP contribution in [0.2, 0.25) is 15.1 Å². The van der Waals surface area contributed by atoms with Gasteiger partial charge in [-0.3, -0.25) is 4.79 Å². The molecule has 0 radical (unpaired) electrons. The molecule has 6 heteroatoms. The molecule has 0 bridgehead atoms. The summed E-state index contributed by atoms with van der Waals surface area (Å²) in [5, 5.41) is 7.37. The molecular formula is C15H13Cl3N2O. The molecule has 0 saturated heterocycles. The molecule has 0 spiro atoms. The van der Waals surface area contributed by atoms with Gasteiger partial charge in [-0.2, -0.15) is 0 Å². The van der Waals surface area contributed by atoms with Gasteiger partial charge < -0.3 is 10.6 Å². The van der Waals surface area contributed by atoms with E-state index in [2.05, 4.69) is 10.6 Å². The molecule has 0 saturated carbocycles. The molecule has 0 aliphatic heterocycles. The van der Waals surface area contributed by atoms with Crippen LogP contribution < -0.4 is 10.6 Å². The maximum Gasteiger partial charge on any atom is 0.243 e. The normalized spacial score (nSPS) is 10.3. The summed E-state index contributed by atoms with van der Waals surface area (Å²) >= 11 is 17.7. The van der Waals surface area contributed by atoms with Crippen LogP contribution in [0.5, 0.6) is 0 Å². The molecular weight excluding hydrogens is 331 g/mol. The van der Waals surface area contributed by atoms with Crippen LogP contribution >= 0.6 is 34.8 Å². The Bertz CT molecular complexity index is 674. The van der Waals surface area contributed by atoms with Crippen LogP contribution in [0, 0.1) is 6.92 Å². The van der Waals surface area contributed by atoms with Crippen molar-refractivity contribution in [3.8, 4) is 0 Å². The summed E-state index contributed by atoms with van der Waals surface area (Å²) in [5.41, 5.74) is 2.31. The summed E-state index contributed by atoms with van der Waals surface area (Å²) in [4.78, 5) is 11.9. The van der Waals surface area contributed by atoms with Gasteiger partial charge in [-0.25, -0.2) is 0 Å². The summed E-state index contributed by atoms with van der Waals surface area (Å²) in [6.07, 6.45) is 0. The van der Waals surface area contributed by atoms with Gasteiger partial charge in [0.05, 0.1) is 17.3 Å². The predicted octanol–water partition coefficient (Wildman–Crippen LogP) is 5.01. The van der Waals surface area contributed by atoms with Crippen molar-refractivity contribution in [1.82, 2.24) is 0 Å². The third kappa shape index (κ3) is 4.53. The van der Waals surface area contributed by atoms with Crippen LogP contribution in [0.1, 0.15) is 5.56 Å². The number of hydrogen-bond acceptors (Lipinski definition) is 2. The number of carbonyl (C=O) groups is 1. The number of amides is 1. The van der Waals surface area contributed by atoms with Crippen LogP contribution in [0.3, 0.4) is 0 Å². The Labute approximate surface area is 138 Å². The van der Waals surface area contributed by atoms with E-state index in [0.717, 1.165) is 11.3 Å². The summed E-state index contributed by atoms with van der Waals surface area (Å²) in [6, 6.07) is 10.3. The first-order valence-electron chi connectivity index (χ1n) is 6.20. The van der Waals surface area contributed by atoms with E-state index in [1.807, 2.05) is 19.1 Å². The molecule has 0 atom stereocenters. The smallest absolute Gasteiger partial charge is 0.243 e. The van der Waals surface area contributed by atoms with Crippen LogP contribution in [0.15, 0.2) is 36.4 Å². The highest BCUT2D eigenvalue weighted by molar-refractivity contribution is 6.35. The number of anilines is 2. The zero-order valence-corrected chi connectivity index (χ0v) is 13.5. The monoisotopic (exact) mass is 342 g/mol. The van der Waals surface area contributed by atoms with Crippen molar-refractivity contribution < 1.29 is 4.79 Å². The highest BCUT2D eigenvalue weighted by atomic mass is 35.5. The Morgan fingerprint density at radius 3 is 2.38 bits per heavy atom. The van der Waals surface area contributed by atoms with Crippen molar-refractivity contribution in [3.05, 3.63) is 57.0 Å². The minimum absolute atomic E-state index is 0.116. The maximum absolute atomic E-state index is 11.9. The van der Waals surface area contributed by atoms with Crippen molar-refractivity contribution >= 4 is 52.1 Å². The minimum atomic E-state index is -0.214. The number of rotatable bonds is 4. The zero-order valence-electron chi connectivity index (χ0n) is 11.2. The number of halogens is 3. The molecule has 0 aliphatic rings. The first-order valence-corrected chi connectivity index (χ1v) is 7.34. The largest absolute Gasteiger partial charge is 0.376 e. The van der Waals surface area contributed by atoms with E-state index in [1.54, 1.807) is 24.3 Å². The number of carbonyl (C=O) groups excluding carboxylic acids is 1. The van der Waals surface area contributed by atoms with Gasteiger partial charge >= 0.3 is 0 Å². The third-order valence-electron chi connectivity index (χ3n) is 2.83. The van der Waals surface area contributed by atoms with Crippen LogP contribution in [-0.4, -0.2) is 12.5 Å². The highest BCUT2D eigenvalue weighted by Crippen LogP contribution is 2.25. The second kappa shape index (κ2) is 7.03. The lowest BCUT2D eigenvalue weighted by molar-refractivity contribution is -0.114. The van der Waals surface area contributed by atoms with Crippen molar-refractivity contribution in [2.24, 2.45) is 0 Å². The molecule has 110 valence electrons. The lowest BCUT2D eigenvalue weighted by Crippen LogP contribution is -2.22. The fourth-order valence-electron chi connectivity index (χ4n) is 1.79. The molecule has 2 aromatic rings. The van der Waals surface area contributed by atoms with Gasteiger partial charge in [0.2, 0.25) is 5.91 Å². The Morgan fingerprint density at radius 2 is 1.67 bits per heavy atom. The zero-order chi connectivity index (χ0) is 15.4. The topological polar surface area (TPSA) is 41.1 Å². The molecule has 0 unspecified atom stereocenters. The van der Waals surface area contributed by atoms with Gasteiger partial charge in [0.15, 0.2) is 0 Å². The number of nitrogens with one attached hydrogen (secondary N) is 2. The van der Waals surface area contributed by atoms with Crippen LogP contribution in [0.25, 0.3) is 0 Å². The lowest BCUT2D eigenvalue weighted by Gasteiger charge is -2.11. The highest BCUT2D eigenvalue weighted by Gasteiger charge is 2.07. The molecule has 2 aromatic carbocycles. The molecule has 3 nitrogen and oxygen atoms in total. The van der Waals surface area contributed by atoms with Crippen molar-refractivity contribution in [3.63, 3.8) is 0 Å². The number of hydrogen-bond donors (Lipinski definition) is 2. The Morgan fingerprint density at radius 1 is 1.00 bits per heavy atom. The van der Waals surface area contributed by atoms with Crippen molar-refractivity contribution in [1.29, 1.82) is 0 Å². The lowest BCUT2D eigenvalue weighted by atomic mass is 10.2. The predicted molar refractivity (Wildman–Crippen MR) is 89.8 cm³/mol. The molecule has 1 amide bonds. The molecule has 0 heterocycles. The van der Waals surface area contributed by atoms with Crippen molar-refractivity contribution in [2.75, 3.05) is 17.2 Å². The molecule has 0 aliphatic carbocycles. The molecule has 21 heavy (non-hydrogen) atoms. The summed E-state index contributed by atoms with van der Waals surface area (Å²) in [5.74, 6) is -0.214. The molecule has 0 fully saturated rings. The first-order chi connectivity index (χ1) is 9.95. The van der Waals surface area contributed by atoms with Gasteiger partial charge in [0, 0.05) is 15.7 Å². The van der Waals surface area contributed by atoms with E-state index in [9.17, 15) is 4.79 Å². The first kappa shape index (κ1) is 16.0. The maximum atomic E-state index is 11.9. The summed E-state index contributed by atoms with van der Waals surface area (Å²) in [6.45, 7) is 2.03. The average Bonchev–Trinajstić information content (AvgIpc) is 2.42. The van der Waals surface area contributed by atoms with E-state index in [4.69, 9.17) is 34.8 Å². The van der Waals surface area contributed by atoms with E-state index in [-0.39, 0.29) is 12.5 Å². The minimum Gasteiger partial charge on any atom is -0.376 e. The molecule has 0 aromatic heterocycles. The van der Waals surface area contributed by atoms with E-state index in [0.29, 0.717) is 20.8 Å². The average molecular weight is 344 g/mol. The number of aryl methyl sites for hydroxylation is 1. The standard InChI is InChI=1S/C15H13Cl3N2O/c1-9-6-10(16)3-5-13(9)19-8-15(21)20-14-7-11(17)2-4-12(14)18/h2-7,19H,8H2,1H3,(H,20,21).